The Morgan fingerprint density at radius 1 is 1.14 bits per heavy atom. The zero-order valence-electron chi connectivity index (χ0n) is 17.1. The topological polar surface area (TPSA) is 80.3 Å². The Morgan fingerprint density at radius 2 is 1.83 bits per heavy atom. The second-order valence-electron chi connectivity index (χ2n) is 7.27. The van der Waals surface area contributed by atoms with Gasteiger partial charge in [0, 0.05) is 30.6 Å². The molecule has 0 aliphatic rings. The summed E-state index contributed by atoms with van der Waals surface area (Å²) < 4.78 is 30.8. The minimum absolute atomic E-state index is 0.0280. The Bertz CT molecular complexity index is 909. The van der Waals surface area contributed by atoms with Crippen LogP contribution in [0.5, 0.6) is 5.75 Å². The number of hydrogen-bond acceptors (Lipinski definition) is 4. The second kappa shape index (κ2) is 8.98. The molecule has 2 rings (SSSR count). The fourth-order valence-corrected chi connectivity index (χ4v) is 2.61. The average Bonchev–Trinajstić information content (AvgIpc) is 2.57. The lowest BCUT2D eigenvalue weighted by atomic mass is 10.1. The third-order valence-corrected chi connectivity index (χ3v) is 3.85. The predicted octanol–water partition coefficient (Wildman–Crippen LogP) is 4.21. The third kappa shape index (κ3) is 7.14. The fourth-order valence-electron chi connectivity index (χ4n) is 2.61. The van der Waals surface area contributed by atoms with Gasteiger partial charge in [0.2, 0.25) is 5.91 Å². The average molecular weight is 405 g/mol. The molecule has 2 amide bonds. The molecule has 2 aromatic rings. The van der Waals surface area contributed by atoms with E-state index in [-0.39, 0.29) is 30.0 Å². The number of aryl methyl sites for hydroxylation is 2. The van der Waals surface area contributed by atoms with E-state index in [0.29, 0.717) is 29.6 Å². The van der Waals surface area contributed by atoms with Crippen molar-refractivity contribution in [1.29, 1.82) is 0 Å². The number of halogens is 2. The Hall–Kier alpha value is -3.03. The zero-order valence-corrected chi connectivity index (χ0v) is 17.1. The molecule has 2 N–H and O–H groups in total. The summed E-state index contributed by atoms with van der Waals surface area (Å²) in [6.45, 7) is 7.78. The second-order valence-corrected chi connectivity index (χ2v) is 7.27. The van der Waals surface area contributed by atoms with E-state index in [1.165, 1.54) is 18.2 Å². The summed E-state index contributed by atoms with van der Waals surface area (Å²) >= 11 is 0. The highest BCUT2D eigenvalue weighted by molar-refractivity contribution is 5.97. The maximum absolute atomic E-state index is 13.1. The number of carbonyl (C=O) groups is 2. The van der Waals surface area contributed by atoms with Crippen LogP contribution in [0.1, 0.15) is 48.0 Å². The first-order chi connectivity index (χ1) is 13.4. The maximum atomic E-state index is 13.1. The molecule has 0 saturated carbocycles. The summed E-state index contributed by atoms with van der Waals surface area (Å²) in [5.74, 6) is -0.469. The lowest BCUT2D eigenvalue weighted by Crippen LogP contribution is -2.24. The van der Waals surface area contributed by atoms with Crippen molar-refractivity contribution < 1.29 is 23.1 Å². The van der Waals surface area contributed by atoms with Gasteiger partial charge in [0.05, 0.1) is 0 Å². The molecule has 0 saturated heterocycles. The van der Waals surface area contributed by atoms with Gasteiger partial charge in [0.1, 0.15) is 11.6 Å². The number of amides is 2. The van der Waals surface area contributed by atoms with Crippen molar-refractivity contribution >= 4 is 17.6 Å². The van der Waals surface area contributed by atoms with Gasteiger partial charge in [-0.05, 0) is 49.2 Å². The molecular formula is C21H25F2N3O3. The van der Waals surface area contributed by atoms with Gasteiger partial charge in [-0.15, -0.1) is 0 Å². The molecule has 0 bridgehead atoms. The molecule has 29 heavy (non-hydrogen) atoms. The summed E-state index contributed by atoms with van der Waals surface area (Å²) in [7, 11) is 0. The standard InChI is InChI=1S/C21H25F2N3O3/c1-12(2)19(27)26-18-10-16(8-14(4)25-18)20(28)24-11-15-6-13(3)7-17(9-15)29-21(5,22)23/h6-10,12H,11H2,1-5H3,(H,24,28)(H,25,26,27). The van der Waals surface area contributed by atoms with E-state index in [2.05, 4.69) is 20.4 Å². The van der Waals surface area contributed by atoms with Crippen LogP contribution in [0, 0.1) is 19.8 Å². The van der Waals surface area contributed by atoms with E-state index in [4.69, 9.17) is 0 Å². The lowest BCUT2D eigenvalue weighted by molar-refractivity contribution is -0.159. The van der Waals surface area contributed by atoms with Gasteiger partial charge in [-0.3, -0.25) is 9.59 Å². The highest BCUT2D eigenvalue weighted by Gasteiger charge is 2.23. The van der Waals surface area contributed by atoms with E-state index in [0.717, 1.165) is 5.56 Å². The molecule has 156 valence electrons. The van der Waals surface area contributed by atoms with Gasteiger partial charge in [-0.1, -0.05) is 19.9 Å². The number of carbonyl (C=O) groups excluding carboxylic acids is 2. The first kappa shape index (κ1) is 22.3. The number of nitrogens with one attached hydrogen (secondary N) is 2. The number of aromatic nitrogens is 1. The number of rotatable bonds is 7. The van der Waals surface area contributed by atoms with Crippen LogP contribution in [0.3, 0.4) is 0 Å². The van der Waals surface area contributed by atoms with Crippen molar-refractivity contribution in [2.75, 3.05) is 5.32 Å². The quantitative estimate of drug-likeness (QED) is 0.723. The minimum Gasteiger partial charge on any atom is -0.433 e. The van der Waals surface area contributed by atoms with Crippen LogP contribution in [0.2, 0.25) is 0 Å². The normalized spacial score (nSPS) is 11.3. The molecule has 0 fully saturated rings. The number of benzene rings is 1. The van der Waals surface area contributed by atoms with E-state index >= 15 is 0 Å². The molecule has 6 nitrogen and oxygen atoms in total. The number of ether oxygens (including phenoxy) is 1. The largest absolute Gasteiger partial charge is 0.433 e. The van der Waals surface area contributed by atoms with E-state index in [1.807, 2.05) is 0 Å². The lowest BCUT2D eigenvalue weighted by Gasteiger charge is -2.15. The monoisotopic (exact) mass is 405 g/mol. The SMILES string of the molecule is Cc1cc(CNC(=O)c2cc(C)nc(NC(=O)C(C)C)c2)cc(OC(C)(F)F)c1. The van der Waals surface area contributed by atoms with Crippen LogP contribution < -0.4 is 15.4 Å². The van der Waals surface area contributed by atoms with Crippen molar-refractivity contribution in [3.63, 3.8) is 0 Å². The number of anilines is 1. The smallest absolute Gasteiger partial charge is 0.394 e. The highest BCUT2D eigenvalue weighted by Crippen LogP contribution is 2.23. The van der Waals surface area contributed by atoms with Gasteiger partial charge in [0.25, 0.3) is 5.91 Å². The fraction of sp³-hybridized carbons (Fsp3) is 0.381. The Balaban J connectivity index is 2.11. The van der Waals surface area contributed by atoms with Crippen LogP contribution in [-0.2, 0) is 11.3 Å². The first-order valence-corrected chi connectivity index (χ1v) is 9.18. The van der Waals surface area contributed by atoms with Crippen molar-refractivity contribution in [3.05, 3.63) is 52.7 Å². The molecular weight excluding hydrogens is 380 g/mol. The molecule has 0 spiro atoms. The van der Waals surface area contributed by atoms with Crippen molar-refractivity contribution in [3.8, 4) is 5.75 Å². The van der Waals surface area contributed by atoms with Gasteiger partial charge >= 0.3 is 6.11 Å². The van der Waals surface area contributed by atoms with Gasteiger partial charge in [-0.25, -0.2) is 4.98 Å². The van der Waals surface area contributed by atoms with Crippen molar-refractivity contribution in [2.24, 2.45) is 5.92 Å². The summed E-state index contributed by atoms with van der Waals surface area (Å²) in [5, 5.41) is 5.41. The van der Waals surface area contributed by atoms with E-state index in [9.17, 15) is 18.4 Å². The summed E-state index contributed by atoms with van der Waals surface area (Å²) in [6.07, 6.45) is -3.29. The Morgan fingerprint density at radius 3 is 2.45 bits per heavy atom. The predicted molar refractivity (Wildman–Crippen MR) is 106 cm³/mol. The van der Waals surface area contributed by atoms with Crippen LogP contribution in [-0.4, -0.2) is 22.9 Å². The van der Waals surface area contributed by atoms with E-state index in [1.54, 1.807) is 39.8 Å². The van der Waals surface area contributed by atoms with Crippen LogP contribution in [0.25, 0.3) is 0 Å². The molecule has 8 heteroatoms. The van der Waals surface area contributed by atoms with Gasteiger partial charge in [0.15, 0.2) is 0 Å². The van der Waals surface area contributed by atoms with E-state index < -0.39 is 6.11 Å². The van der Waals surface area contributed by atoms with Crippen LogP contribution >= 0.6 is 0 Å². The molecule has 0 aliphatic heterocycles. The van der Waals surface area contributed by atoms with Crippen LogP contribution in [0.15, 0.2) is 30.3 Å². The van der Waals surface area contributed by atoms with Crippen molar-refractivity contribution in [2.45, 2.75) is 47.3 Å². The molecule has 1 heterocycles. The molecule has 0 atom stereocenters. The van der Waals surface area contributed by atoms with Crippen LogP contribution in [0.4, 0.5) is 14.6 Å². The zero-order chi connectivity index (χ0) is 21.8. The Kier molecular flexibility index (Phi) is 6.89. The molecule has 1 aromatic heterocycles. The molecule has 0 aliphatic carbocycles. The van der Waals surface area contributed by atoms with Gasteiger partial charge < -0.3 is 15.4 Å². The maximum Gasteiger partial charge on any atom is 0.394 e. The molecule has 0 unspecified atom stereocenters. The summed E-state index contributed by atoms with van der Waals surface area (Å²) in [6, 6.07) is 7.82. The molecule has 1 aromatic carbocycles. The number of pyridine rings is 1. The van der Waals surface area contributed by atoms with Crippen molar-refractivity contribution in [1.82, 2.24) is 10.3 Å². The first-order valence-electron chi connectivity index (χ1n) is 9.18. The number of nitrogens with zero attached hydrogens (tertiary/aromatic N) is 1. The highest BCUT2D eigenvalue weighted by atomic mass is 19.3. The summed E-state index contributed by atoms with van der Waals surface area (Å²) in [4.78, 5) is 28.6. The molecule has 0 radical (unpaired) electrons. The Labute approximate surface area is 168 Å². The van der Waals surface area contributed by atoms with Gasteiger partial charge in [-0.2, -0.15) is 8.78 Å². The minimum atomic E-state index is -3.29. The number of hydrogen-bond donors (Lipinski definition) is 2. The third-order valence-electron chi connectivity index (χ3n) is 3.85. The summed E-state index contributed by atoms with van der Waals surface area (Å²) in [5.41, 5.74) is 2.26. The number of alkyl halides is 2.